The topological polar surface area (TPSA) is 52.3 Å². The second-order valence-electron chi connectivity index (χ2n) is 4.85. The van der Waals surface area contributed by atoms with Crippen LogP contribution in [0.2, 0.25) is 0 Å². The van der Waals surface area contributed by atoms with E-state index in [9.17, 15) is 4.79 Å². The second kappa shape index (κ2) is 4.78. The summed E-state index contributed by atoms with van der Waals surface area (Å²) in [4.78, 5) is 11.4. The number of carbonyl (C=O) groups is 1. The predicted molar refractivity (Wildman–Crippen MR) is 66.8 cm³/mol. The predicted octanol–water partition coefficient (Wildman–Crippen LogP) is 2.28. The van der Waals surface area contributed by atoms with Crippen LogP contribution in [-0.4, -0.2) is 13.0 Å². The fourth-order valence-corrected chi connectivity index (χ4v) is 2.40. The first-order valence-electron chi connectivity index (χ1n) is 6.09. The molecule has 3 nitrogen and oxygen atoms in total. The van der Waals surface area contributed by atoms with E-state index in [2.05, 4.69) is 0 Å². The van der Waals surface area contributed by atoms with Crippen molar-refractivity contribution in [3.05, 3.63) is 29.8 Å². The van der Waals surface area contributed by atoms with E-state index in [1.165, 1.54) is 5.56 Å². The summed E-state index contributed by atoms with van der Waals surface area (Å²) in [6.07, 6.45) is 4.82. The molecular weight excluding hydrogens is 214 g/mol. The number of amides is 1. The number of methoxy groups -OCH3 is 1. The van der Waals surface area contributed by atoms with Crippen molar-refractivity contribution in [3.63, 3.8) is 0 Å². The van der Waals surface area contributed by atoms with Gasteiger partial charge in [-0.05, 0) is 43.4 Å². The van der Waals surface area contributed by atoms with E-state index < -0.39 is 0 Å². The Bertz CT molecular complexity index is 393. The fourth-order valence-electron chi connectivity index (χ4n) is 2.40. The summed E-state index contributed by atoms with van der Waals surface area (Å²) < 4.78 is 5.11. The van der Waals surface area contributed by atoms with Gasteiger partial charge in [0, 0.05) is 5.41 Å². The van der Waals surface area contributed by atoms with Gasteiger partial charge in [0.25, 0.3) is 0 Å². The molecule has 1 aliphatic rings. The van der Waals surface area contributed by atoms with Crippen molar-refractivity contribution in [2.75, 3.05) is 7.11 Å². The SMILES string of the molecule is COc1ccc(CCC2(C(N)=O)CCC2)cc1. The Morgan fingerprint density at radius 3 is 2.41 bits per heavy atom. The first-order chi connectivity index (χ1) is 8.16. The van der Waals surface area contributed by atoms with Crippen LogP contribution in [-0.2, 0) is 11.2 Å². The molecule has 3 heteroatoms. The quantitative estimate of drug-likeness (QED) is 0.848. The number of nitrogens with two attached hydrogens (primary N) is 1. The molecule has 2 rings (SSSR count). The van der Waals surface area contributed by atoms with E-state index in [0.717, 1.165) is 37.9 Å². The van der Waals surface area contributed by atoms with E-state index in [1.807, 2.05) is 24.3 Å². The normalized spacial score (nSPS) is 17.2. The van der Waals surface area contributed by atoms with Crippen molar-refractivity contribution < 1.29 is 9.53 Å². The summed E-state index contributed by atoms with van der Waals surface area (Å²) >= 11 is 0. The Kier molecular flexibility index (Phi) is 3.36. The molecule has 0 unspecified atom stereocenters. The minimum absolute atomic E-state index is 0.128. The van der Waals surface area contributed by atoms with E-state index in [-0.39, 0.29) is 11.3 Å². The standard InChI is InChI=1S/C14H19NO2/c1-17-12-5-3-11(4-6-12)7-10-14(13(15)16)8-2-9-14/h3-6H,2,7-10H2,1H3,(H2,15,16). The zero-order valence-corrected chi connectivity index (χ0v) is 10.2. The molecule has 92 valence electrons. The highest BCUT2D eigenvalue weighted by Gasteiger charge is 2.41. The average Bonchev–Trinajstić information content (AvgIpc) is 2.28. The zero-order valence-electron chi connectivity index (χ0n) is 10.2. The molecule has 17 heavy (non-hydrogen) atoms. The van der Waals surface area contributed by atoms with E-state index in [0.29, 0.717) is 0 Å². The minimum atomic E-state index is -0.222. The number of rotatable bonds is 5. The molecule has 1 aromatic carbocycles. The molecule has 1 amide bonds. The van der Waals surface area contributed by atoms with Gasteiger partial charge < -0.3 is 10.5 Å². The van der Waals surface area contributed by atoms with Gasteiger partial charge >= 0.3 is 0 Å². The van der Waals surface area contributed by atoms with Gasteiger partial charge in [-0.3, -0.25) is 4.79 Å². The summed E-state index contributed by atoms with van der Waals surface area (Å²) in [5.41, 5.74) is 6.50. The summed E-state index contributed by atoms with van der Waals surface area (Å²) in [6, 6.07) is 8.00. The van der Waals surface area contributed by atoms with Crippen LogP contribution in [0, 0.1) is 5.41 Å². The van der Waals surface area contributed by atoms with Crippen LogP contribution in [0.3, 0.4) is 0 Å². The van der Waals surface area contributed by atoms with Crippen molar-refractivity contribution in [1.29, 1.82) is 0 Å². The van der Waals surface area contributed by atoms with Crippen LogP contribution in [0.4, 0.5) is 0 Å². The second-order valence-corrected chi connectivity index (χ2v) is 4.85. The van der Waals surface area contributed by atoms with Crippen molar-refractivity contribution in [3.8, 4) is 5.75 Å². The molecule has 1 aliphatic carbocycles. The lowest BCUT2D eigenvalue weighted by atomic mass is 9.65. The van der Waals surface area contributed by atoms with Gasteiger partial charge in [-0.25, -0.2) is 0 Å². The number of ether oxygens (including phenoxy) is 1. The van der Waals surface area contributed by atoms with Gasteiger partial charge in [0.05, 0.1) is 7.11 Å². The molecule has 0 atom stereocenters. The molecule has 0 heterocycles. The summed E-state index contributed by atoms with van der Waals surface area (Å²) in [6.45, 7) is 0. The molecular formula is C14H19NO2. The van der Waals surface area contributed by atoms with Gasteiger partial charge in [-0.15, -0.1) is 0 Å². The van der Waals surface area contributed by atoms with Gasteiger partial charge in [0.1, 0.15) is 5.75 Å². The number of carbonyl (C=O) groups excluding carboxylic acids is 1. The Hall–Kier alpha value is -1.51. The molecule has 0 spiro atoms. The van der Waals surface area contributed by atoms with Crippen LogP contribution in [0.25, 0.3) is 0 Å². The lowest BCUT2D eigenvalue weighted by Gasteiger charge is -2.38. The third-order valence-corrected chi connectivity index (χ3v) is 3.88. The highest BCUT2D eigenvalue weighted by atomic mass is 16.5. The van der Waals surface area contributed by atoms with Crippen LogP contribution in [0.5, 0.6) is 5.75 Å². The first kappa shape index (κ1) is 12.0. The Morgan fingerprint density at radius 2 is 2.00 bits per heavy atom. The number of hydrogen-bond acceptors (Lipinski definition) is 2. The average molecular weight is 233 g/mol. The summed E-state index contributed by atoms with van der Waals surface area (Å²) in [5, 5.41) is 0. The van der Waals surface area contributed by atoms with Crippen LogP contribution < -0.4 is 10.5 Å². The number of aryl methyl sites for hydroxylation is 1. The molecule has 1 fully saturated rings. The van der Waals surface area contributed by atoms with Crippen LogP contribution >= 0.6 is 0 Å². The molecule has 2 N–H and O–H groups in total. The largest absolute Gasteiger partial charge is 0.497 e. The first-order valence-corrected chi connectivity index (χ1v) is 6.09. The minimum Gasteiger partial charge on any atom is -0.497 e. The Balaban J connectivity index is 1.94. The van der Waals surface area contributed by atoms with Crippen LogP contribution in [0.1, 0.15) is 31.2 Å². The summed E-state index contributed by atoms with van der Waals surface area (Å²) in [7, 11) is 1.66. The van der Waals surface area contributed by atoms with Crippen LogP contribution in [0.15, 0.2) is 24.3 Å². The molecule has 0 aliphatic heterocycles. The maximum Gasteiger partial charge on any atom is 0.223 e. The van der Waals surface area contributed by atoms with E-state index in [1.54, 1.807) is 7.11 Å². The van der Waals surface area contributed by atoms with Crippen molar-refractivity contribution in [2.45, 2.75) is 32.1 Å². The van der Waals surface area contributed by atoms with Gasteiger partial charge in [0.2, 0.25) is 5.91 Å². The van der Waals surface area contributed by atoms with E-state index in [4.69, 9.17) is 10.5 Å². The monoisotopic (exact) mass is 233 g/mol. The Labute approximate surface area is 102 Å². The third-order valence-electron chi connectivity index (χ3n) is 3.88. The molecule has 1 aromatic rings. The van der Waals surface area contributed by atoms with Crippen molar-refractivity contribution >= 4 is 5.91 Å². The zero-order chi connectivity index (χ0) is 12.3. The lowest BCUT2D eigenvalue weighted by molar-refractivity contribution is -0.132. The van der Waals surface area contributed by atoms with Crippen molar-refractivity contribution in [1.82, 2.24) is 0 Å². The highest BCUT2D eigenvalue weighted by Crippen LogP contribution is 2.44. The number of primary amides is 1. The smallest absolute Gasteiger partial charge is 0.223 e. The molecule has 0 aromatic heterocycles. The maximum absolute atomic E-state index is 11.4. The third kappa shape index (κ3) is 2.43. The summed E-state index contributed by atoms with van der Waals surface area (Å²) in [5.74, 6) is 0.735. The van der Waals surface area contributed by atoms with E-state index >= 15 is 0 Å². The highest BCUT2D eigenvalue weighted by molar-refractivity contribution is 5.81. The maximum atomic E-state index is 11.4. The molecule has 0 saturated heterocycles. The number of hydrogen-bond donors (Lipinski definition) is 1. The Morgan fingerprint density at radius 1 is 1.35 bits per heavy atom. The molecule has 0 radical (unpaired) electrons. The van der Waals surface area contributed by atoms with Gasteiger partial charge in [-0.2, -0.15) is 0 Å². The van der Waals surface area contributed by atoms with Gasteiger partial charge in [-0.1, -0.05) is 18.6 Å². The lowest BCUT2D eigenvalue weighted by Crippen LogP contribution is -2.43. The molecule has 0 bridgehead atoms. The number of benzene rings is 1. The fraction of sp³-hybridized carbons (Fsp3) is 0.500. The van der Waals surface area contributed by atoms with Gasteiger partial charge in [0.15, 0.2) is 0 Å². The van der Waals surface area contributed by atoms with Crippen molar-refractivity contribution in [2.24, 2.45) is 11.1 Å². The molecule has 1 saturated carbocycles.